The zero-order valence-electron chi connectivity index (χ0n) is 26.1. The van der Waals surface area contributed by atoms with E-state index in [0.29, 0.717) is 19.7 Å². The predicted octanol–water partition coefficient (Wildman–Crippen LogP) is 13.9. The average Bonchev–Trinajstić information content (AvgIpc) is 3.05. The van der Waals surface area contributed by atoms with Gasteiger partial charge in [-0.25, -0.2) is 30.7 Å². The van der Waals surface area contributed by atoms with E-state index in [1.54, 1.807) is 17.8 Å². The summed E-state index contributed by atoms with van der Waals surface area (Å²) < 4.78 is 92.3. The van der Waals surface area contributed by atoms with Gasteiger partial charge < -0.3 is 0 Å². The summed E-state index contributed by atoms with van der Waals surface area (Å²) in [6.07, 6.45) is 7.85. The monoisotopic (exact) mass is 764 g/mol. The molecule has 4 aromatic rings. The smallest absolute Gasteiger partial charge is 0.139 e. The molecule has 0 saturated heterocycles. The van der Waals surface area contributed by atoms with Gasteiger partial charge >= 0.3 is 0 Å². The van der Waals surface area contributed by atoms with E-state index in [0.717, 1.165) is 110 Å². The van der Waals surface area contributed by atoms with E-state index in [-0.39, 0.29) is 17.5 Å². The van der Waals surface area contributed by atoms with Gasteiger partial charge in [-0.05, 0) is 115 Å². The van der Waals surface area contributed by atoms with Crippen molar-refractivity contribution in [1.29, 1.82) is 0 Å². The molecule has 0 atom stereocenters. The second kappa shape index (κ2) is 22.7. The van der Waals surface area contributed by atoms with E-state index in [2.05, 4.69) is 0 Å². The fourth-order valence-electron chi connectivity index (χ4n) is 4.20. The largest absolute Gasteiger partial charge is 0.207 e. The van der Waals surface area contributed by atoms with E-state index < -0.39 is 23.3 Å². The number of unbranched alkanes of at least 4 members (excludes halogenated alkanes) is 6. The first-order valence-electron chi connectivity index (χ1n) is 15.4. The summed E-state index contributed by atoms with van der Waals surface area (Å²) in [5.74, 6) is 0.202. The second-order valence-corrected chi connectivity index (χ2v) is 15.5. The van der Waals surface area contributed by atoms with Gasteiger partial charge in [0.25, 0.3) is 0 Å². The summed E-state index contributed by atoms with van der Waals surface area (Å²) in [5.41, 5.74) is 0. The molecule has 0 amide bonds. The van der Waals surface area contributed by atoms with Crippen molar-refractivity contribution in [1.82, 2.24) is 0 Å². The fourth-order valence-corrected chi connectivity index (χ4v) is 8.32. The Balaban J connectivity index is 0.000000260. The summed E-state index contributed by atoms with van der Waals surface area (Å²) in [6, 6.07) is 15.0. The predicted molar refractivity (Wildman–Crippen MR) is 190 cm³/mol. The van der Waals surface area contributed by atoms with Crippen LogP contribution in [-0.4, -0.2) is 23.0 Å². The molecule has 0 aromatic heterocycles. The zero-order chi connectivity index (χ0) is 34.7. The Kier molecular flexibility index (Phi) is 19.2. The molecule has 4 aromatic carbocycles. The molecule has 0 saturated carbocycles. The third-order valence-electron chi connectivity index (χ3n) is 6.68. The van der Waals surface area contributed by atoms with Crippen LogP contribution >= 0.6 is 58.6 Å². The van der Waals surface area contributed by atoms with Gasteiger partial charge in [0, 0.05) is 25.6 Å². The van der Waals surface area contributed by atoms with Crippen molar-refractivity contribution in [3.63, 3.8) is 0 Å². The highest BCUT2D eigenvalue weighted by Crippen LogP contribution is 2.30. The minimum absolute atomic E-state index is 0.275. The van der Waals surface area contributed by atoms with Crippen LogP contribution in [-0.2, 0) is 0 Å². The van der Waals surface area contributed by atoms with Crippen molar-refractivity contribution < 1.29 is 30.7 Å². The van der Waals surface area contributed by atoms with Crippen LogP contribution in [0.1, 0.15) is 51.4 Å². The van der Waals surface area contributed by atoms with Gasteiger partial charge in [0.2, 0.25) is 0 Å². The van der Waals surface area contributed by atoms with Gasteiger partial charge in [-0.15, -0.1) is 47.0 Å². The molecule has 48 heavy (non-hydrogen) atoms. The van der Waals surface area contributed by atoms with Crippen molar-refractivity contribution in [3.05, 3.63) is 119 Å². The van der Waals surface area contributed by atoms with Gasteiger partial charge in [-0.3, -0.25) is 0 Å². The van der Waals surface area contributed by atoms with Gasteiger partial charge in [-0.2, -0.15) is 0 Å². The van der Waals surface area contributed by atoms with Crippen molar-refractivity contribution in [2.24, 2.45) is 0 Å². The molecule has 12 heteroatoms. The van der Waals surface area contributed by atoms with Crippen LogP contribution in [0.25, 0.3) is 0 Å². The number of hydrogen-bond acceptors (Lipinski definition) is 4. The molecular formula is C36H36ClF7S4. The fraction of sp³-hybridized carbons (Fsp3) is 0.333. The van der Waals surface area contributed by atoms with Crippen LogP contribution in [0.2, 0.25) is 5.02 Å². The molecule has 0 bridgehead atoms. The number of rotatable bonds is 18. The van der Waals surface area contributed by atoms with Crippen molar-refractivity contribution in [2.75, 3.05) is 23.0 Å². The van der Waals surface area contributed by atoms with Crippen LogP contribution in [0.15, 0.2) is 92.4 Å². The molecule has 0 unspecified atom stereocenters. The summed E-state index contributed by atoms with van der Waals surface area (Å²) in [7, 11) is 0. The highest BCUT2D eigenvalue weighted by molar-refractivity contribution is 8.00. The van der Waals surface area contributed by atoms with Gasteiger partial charge in [0.15, 0.2) is 0 Å². The first-order valence-corrected chi connectivity index (χ1v) is 19.8. The van der Waals surface area contributed by atoms with Crippen LogP contribution < -0.4 is 0 Å². The van der Waals surface area contributed by atoms with E-state index in [1.165, 1.54) is 71.7 Å². The molecule has 0 aliphatic rings. The molecule has 0 N–H and O–H groups in total. The van der Waals surface area contributed by atoms with Crippen LogP contribution in [0.5, 0.6) is 0 Å². The highest BCUT2D eigenvalue weighted by Gasteiger charge is 2.07. The third-order valence-corrected chi connectivity index (χ3v) is 11.6. The lowest BCUT2D eigenvalue weighted by atomic mass is 10.2. The summed E-state index contributed by atoms with van der Waals surface area (Å²) >= 11 is 11.6. The molecule has 4 rings (SSSR count). The molecule has 0 aliphatic heterocycles. The number of halogens is 8. The van der Waals surface area contributed by atoms with Crippen LogP contribution in [0.4, 0.5) is 30.7 Å². The minimum atomic E-state index is -0.566. The number of hydrogen-bond donors (Lipinski definition) is 0. The maximum absolute atomic E-state index is 13.4. The van der Waals surface area contributed by atoms with E-state index in [9.17, 15) is 30.7 Å². The van der Waals surface area contributed by atoms with Gasteiger partial charge in [0.05, 0.1) is 5.02 Å². The van der Waals surface area contributed by atoms with E-state index in [4.69, 9.17) is 11.6 Å². The molecular weight excluding hydrogens is 729 g/mol. The summed E-state index contributed by atoms with van der Waals surface area (Å²) in [4.78, 5) is 1.95. The first kappa shape index (κ1) is 40.5. The van der Waals surface area contributed by atoms with E-state index >= 15 is 0 Å². The first-order chi connectivity index (χ1) is 23.1. The molecule has 0 radical (unpaired) electrons. The quantitative estimate of drug-likeness (QED) is 0.0562. The molecule has 0 aliphatic carbocycles. The summed E-state index contributed by atoms with van der Waals surface area (Å²) in [6.45, 7) is 0. The van der Waals surface area contributed by atoms with Gasteiger partial charge in [-0.1, -0.05) is 37.3 Å². The normalized spacial score (nSPS) is 11.0. The highest BCUT2D eigenvalue weighted by atomic mass is 35.5. The zero-order valence-corrected chi connectivity index (χ0v) is 30.1. The Hall–Kier alpha value is -1.92. The lowest BCUT2D eigenvalue weighted by Gasteiger charge is -2.05. The van der Waals surface area contributed by atoms with Crippen molar-refractivity contribution in [2.45, 2.75) is 70.9 Å². The Morgan fingerprint density at radius 2 is 0.708 bits per heavy atom. The number of benzene rings is 4. The van der Waals surface area contributed by atoms with Crippen LogP contribution in [0.3, 0.4) is 0 Å². The maximum Gasteiger partial charge on any atom is 0.139 e. The Morgan fingerprint density at radius 1 is 0.354 bits per heavy atom. The topological polar surface area (TPSA) is 0 Å². The Labute approximate surface area is 300 Å². The SMILES string of the molecule is Fc1ccc(F)c(SCCCCCCSc2cc(F)ccc2Cl)c1.Fc1ccc(SCCCCCCSc2cc(F)ccc2F)c(F)c1. The summed E-state index contributed by atoms with van der Waals surface area (Å²) in [5, 5.41) is 0.579. The van der Waals surface area contributed by atoms with Crippen molar-refractivity contribution >= 4 is 58.6 Å². The third kappa shape index (κ3) is 15.7. The van der Waals surface area contributed by atoms with Crippen molar-refractivity contribution in [3.8, 4) is 0 Å². The molecule has 0 nitrogen and oxygen atoms in total. The Bertz CT molecular complexity index is 1500. The van der Waals surface area contributed by atoms with E-state index in [1.807, 2.05) is 0 Å². The Morgan fingerprint density at radius 3 is 1.17 bits per heavy atom. The standard InChI is InChI=1S/C18H18ClF3S2.C18H18F4S2/c19-15-7-5-13(20)11-17(15)23-9-3-1-2-4-10-24-18-12-14(21)6-8-16(18)22;19-13-6-8-17(16(22)11-13)23-9-3-1-2-4-10-24-18-12-14(20)5-7-15(18)21/h2*5-8,11-12H,1-4,9-10H2. The molecule has 0 fully saturated rings. The maximum atomic E-state index is 13.4. The van der Waals surface area contributed by atoms with Crippen LogP contribution in [0, 0.1) is 40.7 Å². The average molecular weight is 765 g/mol. The second-order valence-electron chi connectivity index (χ2n) is 10.5. The minimum Gasteiger partial charge on any atom is -0.207 e. The number of thioether (sulfide) groups is 4. The molecule has 0 spiro atoms. The molecule has 260 valence electrons. The molecule has 0 heterocycles. The van der Waals surface area contributed by atoms with Gasteiger partial charge in [0.1, 0.15) is 40.7 Å². The lowest BCUT2D eigenvalue weighted by Crippen LogP contribution is -1.88. The lowest BCUT2D eigenvalue weighted by molar-refractivity contribution is 0.565.